The predicted molar refractivity (Wildman–Crippen MR) is 198 cm³/mol. The minimum absolute atomic E-state index is 0.00580. The van der Waals surface area contributed by atoms with Gasteiger partial charge in [-0.15, -0.1) is 0 Å². The molecule has 0 unspecified atom stereocenters. The molecule has 2 amide bonds. The zero-order valence-corrected chi connectivity index (χ0v) is 30.5. The molecule has 7 nitrogen and oxygen atoms in total. The lowest BCUT2D eigenvalue weighted by Crippen LogP contribution is -2.55. The lowest BCUT2D eigenvalue weighted by atomic mass is 9.94. The van der Waals surface area contributed by atoms with Crippen LogP contribution >= 0.6 is 23.2 Å². The van der Waals surface area contributed by atoms with Crippen LogP contribution in [0.3, 0.4) is 0 Å². The summed E-state index contributed by atoms with van der Waals surface area (Å²) in [6.45, 7) is 4.96. The fraction of sp³-hybridized carbons (Fsp3) is 0.333. The smallest absolute Gasteiger partial charge is 0.264 e. The summed E-state index contributed by atoms with van der Waals surface area (Å²) in [6.07, 6.45) is 5.11. The lowest BCUT2D eigenvalue weighted by Gasteiger charge is -2.35. The number of benzene rings is 4. The Bertz CT molecular complexity index is 1860. The van der Waals surface area contributed by atoms with Crippen LogP contribution in [-0.2, 0) is 32.6 Å². The molecular weight excluding hydrogens is 677 g/mol. The quantitative estimate of drug-likeness (QED) is 0.160. The molecule has 0 bridgehead atoms. The van der Waals surface area contributed by atoms with E-state index in [1.807, 2.05) is 57.2 Å². The number of anilines is 1. The average molecular weight is 721 g/mol. The number of halogens is 2. The van der Waals surface area contributed by atoms with Gasteiger partial charge in [-0.1, -0.05) is 109 Å². The molecule has 4 aromatic rings. The first-order valence-electron chi connectivity index (χ1n) is 16.7. The molecule has 0 saturated heterocycles. The van der Waals surface area contributed by atoms with Gasteiger partial charge in [0.15, 0.2) is 0 Å². The number of nitrogens with zero attached hydrogens (tertiary/aromatic N) is 2. The van der Waals surface area contributed by atoms with E-state index < -0.39 is 28.5 Å². The summed E-state index contributed by atoms with van der Waals surface area (Å²) in [4.78, 5) is 30.7. The van der Waals surface area contributed by atoms with Gasteiger partial charge < -0.3 is 10.2 Å². The Balaban J connectivity index is 1.61. The van der Waals surface area contributed by atoms with Gasteiger partial charge in [-0.25, -0.2) is 8.42 Å². The molecule has 5 rings (SSSR count). The maximum Gasteiger partial charge on any atom is 0.264 e. The van der Waals surface area contributed by atoms with Crippen molar-refractivity contribution in [1.29, 1.82) is 0 Å². The normalized spacial score (nSPS) is 14.2. The van der Waals surface area contributed by atoms with Gasteiger partial charge in [0.25, 0.3) is 10.0 Å². The van der Waals surface area contributed by atoms with E-state index in [-0.39, 0.29) is 29.8 Å². The summed E-state index contributed by atoms with van der Waals surface area (Å²) in [5.41, 5.74) is 4.22. The standard InChI is InChI=1S/C39H43Cl2N3O4S/c1-27-20-22-32(23-21-27)49(47,48)44(36-19-10-12-28(2)29(36)3)26-38(45)43(25-33-34(40)17-11-18-35(33)41)37(24-30-13-6-4-7-14-30)39(46)42-31-15-8-5-9-16-31/h4,6-7,10-14,17-23,31,37H,5,8-9,15-16,24-26H2,1-3H3,(H,42,46)/t37-/m0/s1. The zero-order valence-electron chi connectivity index (χ0n) is 28.2. The predicted octanol–water partition coefficient (Wildman–Crippen LogP) is 8.20. The van der Waals surface area contributed by atoms with E-state index in [4.69, 9.17) is 23.2 Å². The van der Waals surface area contributed by atoms with E-state index in [1.165, 1.54) is 4.90 Å². The van der Waals surface area contributed by atoms with Crippen LogP contribution in [0.2, 0.25) is 10.0 Å². The summed E-state index contributed by atoms with van der Waals surface area (Å²) in [6, 6.07) is 25.5. The molecular formula is C39H43Cl2N3O4S. The molecule has 1 atom stereocenters. The molecule has 1 aliphatic carbocycles. The maximum atomic E-state index is 14.9. The molecule has 0 spiro atoms. The van der Waals surface area contributed by atoms with Crippen molar-refractivity contribution in [1.82, 2.24) is 10.2 Å². The van der Waals surface area contributed by atoms with Crippen LogP contribution < -0.4 is 9.62 Å². The van der Waals surface area contributed by atoms with E-state index in [1.54, 1.807) is 54.6 Å². The number of carbonyl (C=O) groups excluding carboxylic acids is 2. The lowest BCUT2D eigenvalue weighted by molar-refractivity contribution is -0.140. The SMILES string of the molecule is Cc1ccc(S(=O)(=O)N(CC(=O)N(Cc2c(Cl)cccc2Cl)[C@@H](Cc2ccccc2)C(=O)NC2CCCCC2)c2cccc(C)c2C)cc1. The van der Waals surface area contributed by atoms with Crippen LogP contribution in [0.15, 0.2) is 95.9 Å². The van der Waals surface area contributed by atoms with Gasteiger partial charge >= 0.3 is 0 Å². The Morgan fingerprint density at radius 3 is 2.10 bits per heavy atom. The van der Waals surface area contributed by atoms with Crippen molar-refractivity contribution in [2.45, 2.75) is 82.8 Å². The molecule has 0 aromatic heterocycles. The molecule has 0 radical (unpaired) electrons. The molecule has 4 aromatic carbocycles. The van der Waals surface area contributed by atoms with Gasteiger partial charge in [-0.2, -0.15) is 0 Å². The molecule has 258 valence electrons. The largest absolute Gasteiger partial charge is 0.352 e. The van der Waals surface area contributed by atoms with Crippen molar-refractivity contribution < 1.29 is 18.0 Å². The summed E-state index contributed by atoms with van der Waals surface area (Å²) >= 11 is 13.3. The highest BCUT2D eigenvalue weighted by molar-refractivity contribution is 7.92. The third kappa shape index (κ3) is 8.85. The minimum Gasteiger partial charge on any atom is -0.352 e. The zero-order chi connectivity index (χ0) is 35.1. The van der Waals surface area contributed by atoms with Crippen LogP contribution in [0.1, 0.15) is 59.9 Å². The van der Waals surface area contributed by atoms with E-state index >= 15 is 0 Å². The molecule has 1 N–H and O–H groups in total. The second-order valence-electron chi connectivity index (χ2n) is 12.8. The van der Waals surface area contributed by atoms with Crippen LogP contribution in [-0.4, -0.2) is 43.8 Å². The minimum atomic E-state index is -4.22. The van der Waals surface area contributed by atoms with Crippen molar-refractivity contribution >= 4 is 50.7 Å². The fourth-order valence-corrected chi connectivity index (χ4v) is 8.30. The topological polar surface area (TPSA) is 86.8 Å². The van der Waals surface area contributed by atoms with Crippen LogP contribution in [0, 0.1) is 20.8 Å². The summed E-state index contributed by atoms with van der Waals surface area (Å²) < 4.78 is 30.0. The number of sulfonamides is 1. The van der Waals surface area contributed by atoms with Gasteiger partial charge in [-0.3, -0.25) is 13.9 Å². The van der Waals surface area contributed by atoms with Gasteiger partial charge in [-0.05, 0) is 80.6 Å². The van der Waals surface area contributed by atoms with Crippen molar-refractivity contribution in [3.8, 4) is 0 Å². The van der Waals surface area contributed by atoms with Crippen LogP contribution in [0.25, 0.3) is 0 Å². The van der Waals surface area contributed by atoms with Crippen molar-refractivity contribution in [3.63, 3.8) is 0 Å². The highest BCUT2D eigenvalue weighted by atomic mass is 35.5. The van der Waals surface area contributed by atoms with Crippen LogP contribution in [0.4, 0.5) is 5.69 Å². The summed E-state index contributed by atoms with van der Waals surface area (Å²) in [7, 11) is -4.22. The average Bonchev–Trinajstić information content (AvgIpc) is 3.08. The summed E-state index contributed by atoms with van der Waals surface area (Å²) in [5.74, 6) is -0.862. The van der Waals surface area contributed by atoms with Gasteiger partial charge in [0.1, 0.15) is 12.6 Å². The first-order valence-corrected chi connectivity index (χ1v) is 18.9. The molecule has 1 fully saturated rings. The molecule has 1 aliphatic rings. The van der Waals surface area contributed by atoms with E-state index in [9.17, 15) is 18.0 Å². The molecule has 0 heterocycles. The van der Waals surface area contributed by atoms with Gasteiger partial charge in [0, 0.05) is 34.6 Å². The number of amides is 2. The number of rotatable bonds is 12. The molecule has 10 heteroatoms. The van der Waals surface area contributed by atoms with Crippen molar-refractivity contribution in [2.24, 2.45) is 0 Å². The summed E-state index contributed by atoms with van der Waals surface area (Å²) in [5, 5.41) is 3.91. The Hall–Kier alpha value is -3.85. The Morgan fingerprint density at radius 1 is 0.816 bits per heavy atom. The first kappa shape index (κ1) is 36.4. The highest BCUT2D eigenvalue weighted by Gasteiger charge is 2.36. The maximum absolute atomic E-state index is 14.9. The second kappa shape index (κ2) is 16.2. The van der Waals surface area contributed by atoms with Crippen LogP contribution in [0.5, 0.6) is 0 Å². The van der Waals surface area contributed by atoms with E-state index in [0.717, 1.165) is 58.7 Å². The van der Waals surface area contributed by atoms with Gasteiger partial charge in [0.2, 0.25) is 11.8 Å². The van der Waals surface area contributed by atoms with E-state index in [2.05, 4.69) is 5.32 Å². The monoisotopic (exact) mass is 719 g/mol. The Kier molecular flexibility index (Phi) is 12.1. The number of hydrogen-bond donors (Lipinski definition) is 1. The number of aryl methyl sites for hydroxylation is 2. The number of carbonyl (C=O) groups is 2. The molecule has 49 heavy (non-hydrogen) atoms. The number of nitrogens with one attached hydrogen (secondary N) is 1. The molecule has 1 saturated carbocycles. The Labute approximate surface area is 300 Å². The number of hydrogen-bond acceptors (Lipinski definition) is 4. The Morgan fingerprint density at radius 2 is 1.45 bits per heavy atom. The van der Waals surface area contributed by atoms with E-state index in [0.29, 0.717) is 21.3 Å². The third-order valence-corrected chi connectivity index (χ3v) is 11.8. The van der Waals surface area contributed by atoms with Gasteiger partial charge in [0.05, 0.1) is 10.6 Å². The first-order chi connectivity index (χ1) is 23.5. The molecule has 0 aliphatic heterocycles. The van der Waals surface area contributed by atoms with Crippen molar-refractivity contribution in [2.75, 3.05) is 10.8 Å². The van der Waals surface area contributed by atoms with Crippen molar-refractivity contribution in [3.05, 3.63) is 129 Å². The highest BCUT2D eigenvalue weighted by Crippen LogP contribution is 2.31. The second-order valence-corrected chi connectivity index (χ2v) is 15.5. The third-order valence-electron chi connectivity index (χ3n) is 9.35. The fourth-order valence-electron chi connectivity index (χ4n) is 6.31.